The molecule has 1 aliphatic heterocycles. The second-order valence-corrected chi connectivity index (χ2v) is 6.33. The van der Waals surface area contributed by atoms with Crippen molar-refractivity contribution >= 4 is 11.8 Å². The molecule has 0 radical (unpaired) electrons. The predicted octanol–water partition coefficient (Wildman–Crippen LogP) is 0.586. The summed E-state index contributed by atoms with van der Waals surface area (Å²) in [7, 11) is 0. The van der Waals surface area contributed by atoms with E-state index < -0.39 is 5.92 Å². The van der Waals surface area contributed by atoms with Gasteiger partial charge in [-0.3, -0.25) is 14.6 Å². The Bertz CT molecular complexity index is 962. The Morgan fingerprint density at radius 1 is 1.18 bits per heavy atom. The van der Waals surface area contributed by atoms with E-state index in [4.69, 9.17) is 4.52 Å². The number of pyridine rings is 1. The molecule has 2 amide bonds. The maximum atomic E-state index is 12.4. The summed E-state index contributed by atoms with van der Waals surface area (Å²) in [6.45, 7) is 0.920. The maximum Gasteiger partial charge on any atom is 0.246 e. The molecule has 142 valence electrons. The zero-order valence-corrected chi connectivity index (χ0v) is 14.9. The number of hydrogen-bond donors (Lipinski definition) is 1. The van der Waals surface area contributed by atoms with E-state index in [1.807, 2.05) is 12.1 Å². The molecule has 10 heteroatoms. The van der Waals surface area contributed by atoms with Crippen LogP contribution in [-0.4, -0.2) is 48.4 Å². The molecule has 0 saturated carbocycles. The highest BCUT2D eigenvalue weighted by atomic mass is 16.5. The predicted molar refractivity (Wildman–Crippen MR) is 94.9 cm³/mol. The van der Waals surface area contributed by atoms with Gasteiger partial charge in [-0.05, 0) is 23.8 Å². The molecule has 1 atom stereocenters. The van der Waals surface area contributed by atoms with E-state index in [2.05, 4.69) is 30.4 Å². The van der Waals surface area contributed by atoms with Crippen molar-refractivity contribution in [3.8, 4) is 11.6 Å². The van der Waals surface area contributed by atoms with Gasteiger partial charge in [-0.2, -0.15) is 4.98 Å². The molecule has 3 aromatic rings. The van der Waals surface area contributed by atoms with Crippen molar-refractivity contribution < 1.29 is 14.1 Å². The summed E-state index contributed by atoms with van der Waals surface area (Å²) < 4.78 is 5.11. The summed E-state index contributed by atoms with van der Waals surface area (Å²) in [6.07, 6.45) is 6.70. The number of amides is 2. The molecule has 0 aliphatic carbocycles. The normalized spacial score (nSPS) is 16.4. The first kappa shape index (κ1) is 17.7. The van der Waals surface area contributed by atoms with Gasteiger partial charge in [0.25, 0.3) is 0 Å². The Morgan fingerprint density at radius 2 is 1.96 bits per heavy atom. The molecule has 0 spiro atoms. The van der Waals surface area contributed by atoms with Crippen LogP contribution >= 0.6 is 0 Å². The zero-order chi connectivity index (χ0) is 19.3. The second kappa shape index (κ2) is 7.91. The van der Waals surface area contributed by atoms with E-state index >= 15 is 0 Å². The molecule has 28 heavy (non-hydrogen) atoms. The first-order chi connectivity index (χ1) is 13.7. The lowest BCUT2D eigenvalue weighted by atomic mass is 10.1. The number of hydrogen-bond acceptors (Lipinski definition) is 8. The number of carbonyl (C=O) groups is 2. The molecule has 0 bridgehead atoms. The van der Waals surface area contributed by atoms with Gasteiger partial charge in [0.05, 0.1) is 12.5 Å². The van der Waals surface area contributed by atoms with Crippen LogP contribution in [-0.2, 0) is 22.7 Å². The fraction of sp³-hybridized carbons (Fsp3) is 0.278. The average Bonchev–Trinajstić information content (AvgIpc) is 3.35. The van der Waals surface area contributed by atoms with Gasteiger partial charge in [-0.25, -0.2) is 9.97 Å². The van der Waals surface area contributed by atoms with Crippen LogP contribution in [0.1, 0.15) is 17.9 Å². The molecule has 4 heterocycles. The third-order valence-corrected chi connectivity index (χ3v) is 4.36. The van der Waals surface area contributed by atoms with E-state index in [1.165, 1.54) is 0 Å². The summed E-state index contributed by atoms with van der Waals surface area (Å²) in [4.78, 5) is 42.5. The Labute approximate surface area is 160 Å². The van der Waals surface area contributed by atoms with Gasteiger partial charge < -0.3 is 14.7 Å². The Kier molecular flexibility index (Phi) is 5.00. The molecule has 1 N–H and O–H groups in total. The summed E-state index contributed by atoms with van der Waals surface area (Å²) in [5.74, 6) is 0.170. The average molecular weight is 379 g/mol. The lowest BCUT2D eigenvalue weighted by Crippen LogP contribution is -2.32. The van der Waals surface area contributed by atoms with Crippen molar-refractivity contribution in [3.05, 3.63) is 54.4 Å². The van der Waals surface area contributed by atoms with Crippen LogP contribution < -0.4 is 5.32 Å². The number of likely N-dealkylation sites (tertiary alicyclic amines) is 1. The second-order valence-electron chi connectivity index (χ2n) is 6.33. The van der Waals surface area contributed by atoms with Gasteiger partial charge in [0.15, 0.2) is 0 Å². The molecule has 1 fully saturated rings. The van der Waals surface area contributed by atoms with Crippen molar-refractivity contribution in [1.29, 1.82) is 0 Å². The van der Waals surface area contributed by atoms with Crippen LogP contribution in [0.4, 0.5) is 0 Å². The van der Waals surface area contributed by atoms with Crippen molar-refractivity contribution in [2.45, 2.75) is 19.5 Å². The minimum absolute atomic E-state index is 0.0433. The van der Waals surface area contributed by atoms with Crippen molar-refractivity contribution in [2.24, 2.45) is 5.92 Å². The van der Waals surface area contributed by atoms with Gasteiger partial charge >= 0.3 is 0 Å². The minimum Gasteiger partial charge on any atom is -0.347 e. The number of nitrogens with zero attached hydrogens (tertiary/aromatic N) is 6. The smallest absolute Gasteiger partial charge is 0.246 e. The lowest BCUT2D eigenvalue weighted by Gasteiger charge is -2.16. The van der Waals surface area contributed by atoms with Crippen LogP contribution in [0.15, 0.2) is 47.5 Å². The van der Waals surface area contributed by atoms with E-state index in [0.717, 1.165) is 5.56 Å². The molecule has 10 nitrogen and oxygen atoms in total. The molecule has 4 rings (SSSR count). The molecule has 1 saturated heterocycles. The van der Waals surface area contributed by atoms with Crippen LogP contribution in [0.2, 0.25) is 0 Å². The summed E-state index contributed by atoms with van der Waals surface area (Å²) >= 11 is 0. The van der Waals surface area contributed by atoms with E-state index in [-0.39, 0.29) is 36.5 Å². The number of nitrogens with one attached hydrogen (secondary N) is 1. The van der Waals surface area contributed by atoms with Gasteiger partial charge in [0, 0.05) is 44.3 Å². The number of aromatic nitrogens is 5. The standard InChI is InChI=1S/C18H17N7O3/c26-15-8-13(11-25(15)10-12-2-6-19-7-3-12)18(27)22-9-14-23-17(24-28-14)16-20-4-1-5-21-16/h1-7,13H,8-11H2,(H,22,27). The lowest BCUT2D eigenvalue weighted by molar-refractivity contribution is -0.129. The summed E-state index contributed by atoms with van der Waals surface area (Å²) in [6, 6.07) is 5.39. The maximum absolute atomic E-state index is 12.4. The first-order valence-electron chi connectivity index (χ1n) is 8.73. The number of carbonyl (C=O) groups excluding carboxylic acids is 2. The highest BCUT2D eigenvalue weighted by Gasteiger charge is 2.34. The summed E-state index contributed by atoms with van der Waals surface area (Å²) in [5.41, 5.74) is 0.978. The fourth-order valence-electron chi connectivity index (χ4n) is 2.95. The van der Waals surface area contributed by atoms with Crippen LogP contribution in [0.5, 0.6) is 0 Å². The molecular formula is C18H17N7O3. The van der Waals surface area contributed by atoms with Crippen molar-refractivity contribution in [1.82, 2.24) is 35.3 Å². The van der Waals surface area contributed by atoms with Crippen LogP contribution in [0.25, 0.3) is 11.6 Å². The first-order valence-corrected chi connectivity index (χ1v) is 8.73. The monoisotopic (exact) mass is 379 g/mol. The molecule has 1 unspecified atom stereocenters. The van der Waals surface area contributed by atoms with Crippen molar-refractivity contribution in [3.63, 3.8) is 0 Å². The highest BCUT2D eigenvalue weighted by Crippen LogP contribution is 2.20. The van der Waals surface area contributed by atoms with E-state index in [9.17, 15) is 9.59 Å². The Hall–Kier alpha value is -3.69. The third-order valence-electron chi connectivity index (χ3n) is 4.36. The molecule has 1 aliphatic rings. The van der Waals surface area contributed by atoms with E-state index in [1.54, 1.807) is 35.8 Å². The number of rotatable bonds is 6. The Balaban J connectivity index is 1.31. The highest BCUT2D eigenvalue weighted by molar-refractivity contribution is 5.89. The van der Waals surface area contributed by atoms with Crippen molar-refractivity contribution in [2.75, 3.05) is 6.54 Å². The van der Waals surface area contributed by atoms with E-state index in [0.29, 0.717) is 18.9 Å². The quantitative estimate of drug-likeness (QED) is 0.659. The molecular weight excluding hydrogens is 362 g/mol. The van der Waals surface area contributed by atoms with Gasteiger partial charge in [-0.1, -0.05) is 5.16 Å². The topological polar surface area (TPSA) is 127 Å². The van der Waals surface area contributed by atoms with Crippen LogP contribution in [0, 0.1) is 5.92 Å². The third kappa shape index (κ3) is 4.00. The van der Waals surface area contributed by atoms with Gasteiger partial charge in [0.1, 0.15) is 0 Å². The fourth-order valence-corrected chi connectivity index (χ4v) is 2.95. The molecule has 3 aromatic heterocycles. The zero-order valence-electron chi connectivity index (χ0n) is 14.9. The van der Waals surface area contributed by atoms with Gasteiger partial charge in [-0.15, -0.1) is 0 Å². The van der Waals surface area contributed by atoms with Gasteiger partial charge in [0.2, 0.25) is 29.4 Å². The largest absolute Gasteiger partial charge is 0.347 e. The Morgan fingerprint density at radius 3 is 2.75 bits per heavy atom. The minimum atomic E-state index is -0.408. The SMILES string of the molecule is O=C(NCc1nc(-c2ncccn2)no1)C1CC(=O)N(Cc2ccncc2)C1. The summed E-state index contributed by atoms with van der Waals surface area (Å²) in [5, 5.41) is 6.55. The molecule has 0 aromatic carbocycles. The van der Waals surface area contributed by atoms with Crippen LogP contribution in [0.3, 0.4) is 0 Å².